The Balaban J connectivity index is 0.000000224. The van der Waals surface area contributed by atoms with Crippen molar-refractivity contribution in [3.05, 3.63) is 154 Å². The summed E-state index contributed by atoms with van der Waals surface area (Å²) in [5.74, 6) is 5.24. The molecule has 12 rings (SSSR count). The summed E-state index contributed by atoms with van der Waals surface area (Å²) in [6.07, 6.45) is 13.5. The zero-order chi connectivity index (χ0) is 69.9. The standard InChI is InChI=1S/C44H63N9O4.C34H47N9.CH4/c1-32-28-39(51-26-24-50(25-27-51)31-38-47-36-16-11-12-17-37(36)48-38)49-40(46-32)45-29-33-18-20-34(21-19-33)30-52(41(54)56-43(2,3)4)22-13-23-53(35-14-9-8-10-15-35)42(55)57-44(5,6)7;1-26-22-33(43-20-18-42(19-21-43)25-32-39-30-10-5-6-11-31(30)40-32)41-34(38-26)37-24-28-14-12-27(13-15-28)23-35-16-7-17-36-29-8-3-2-4-9-29;/h11-12,16-21,28,35H,8-10,13-15,22-27,29-31H2,1-7H3,(H,47,48)(H,45,46,49);5-6,10-15,22,29,35-36H,2-4,7-9,16-21,23-25H2,1H3,(H,39,40)(H,37,38,41);1H4. The highest BCUT2D eigenvalue weighted by Crippen LogP contribution is 2.27. The SMILES string of the molecule is C.Cc1cc(N2CCN(Cc3nc4ccccc4[nH]3)CC2)nc(NCc2ccc(CN(CCCN(C(=O)OC(C)(C)C)C3CCCCC3)C(=O)OC(C)(C)C)cc2)n1.Cc1cc(N2CCN(Cc3nc4ccccc4[nH]3)CC2)nc(NCc2ccc(CNCCCNC3CCCCC3)cc2)n1. The number of nitrogens with zero attached hydrogens (tertiary/aromatic N) is 12. The summed E-state index contributed by atoms with van der Waals surface area (Å²) in [5, 5.41) is 14.2. The Morgan fingerprint density at radius 2 is 0.970 bits per heavy atom. The maximum atomic E-state index is 13.4. The molecule has 4 fully saturated rings. The first-order valence-electron chi connectivity index (χ1n) is 36.9. The third-order valence-corrected chi connectivity index (χ3v) is 19.0. The van der Waals surface area contributed by atoms with E-state index in [-0.39, 0.29) is 25.7 Å². The molecule has 0 unspecified atom stereocenters. The molecule has 8 aromatic rings. The number of anilines is 4. The third kappa shape index (κ3) is 23.6. The number of H-pyrrole nitrogens is 2. The molecular formula is C79H114N18O4. The number of benzene rings is 4. The number of amides is 2. The number of nitrogens with one attached hydrogen (secondary N) is 6. The van der Waals surface area contributed by atoms with Crippen molar-refractivity contribution in [3.8, 4) is 0 Å². The molecule has 2 saturated heterocycles. The van der Waals surface area contributed by atoms with Gasteiger partial charge in [0.2, 0.25) is 11.9 Å². The van der Waals surface area contributed by atoms with E-state index in [2.05, 4.69) is 140 Å². The number of ether oxygens (including phenoxy) is 2. The number of para-hydroxylation sites is 4. The molecule has 0 bridgehead atoms. The van der Waals surface area contributed by atoms with Gasteiger partial charge in [-0.25, -0.2) is 29.5 Å². The van der Waals surface area contributed by atoms with E-state index in [0.717, 1.165) is 185 Å². The highest BCUT2D eigenvalue weighted by Gasteiger charge is 2.31. The van der Waals surface area contributed by atoms with Crippen LogP contribution in [0.15, 0.2) is 109 Å². The lowest BCUT2D eigenvalue weighted by Gasteiger charge is -2.36. The molecule has 4 aromatic carbocycles. The van der Waals surface area contributed by atoms with E-state index in [4.69, 9.17) is 29.4 Å². The predicted molar refractivity (Wildman–Crippen MR) is 407 cm³/mol. The van der Waals surface area contributed by atoms with Crippen LogP contribution in [0.1, 0.15) is 171 Å². The van der Waals surface area contributed by atoms with Gasteiger partial charge in [-0.1, -0.05) is 119 Å². The minimum absolute atomic E-state index is 0. The van der Waals surface area contributed by atoms with Crippen molar-refractivity contribution in [1.29, 1.82) is 0 Å². The van der Waals surface area contributed by atoms with Crippen molar-refractivity contribution in [2.24, 2.45) is 0 Å². The maximum Gasteiger partial charge on any atom is 0.410 e. The molecule has 101 heavy (non-hydrogen) atoms. The topological polar surface area (TPSA) is 229 Å². The van der Waals surface area contributed by atoms with Crippen molar-refractivity contribution in [1.82, 2.24) is 70.1 Å². The van der Waals surface area contributed by atoms with Crippen LogP contribution in [0.5, 0.6) is 0 Å². The number of aryl methyl sites for hydroxylation is 2. The first-order valence-corrected chi connectivity index (χ1v) is 36.9. The number of hydrogen-bond acceptors (Lipinski definition) is 18. The maximum absolute atomic E-state index is 13.4. The largest absolute Gasteiger partial charge is 0.444 e. The first-order chi connectivity index (χ1) is 48.3. The van der Waals surface area contributed by atoms with Crippen molar-refractivity contribution in [2.75, 3.05) is 99.0 Å². The Labute approximate surface area is 600 Å². The Morgan fingerprint density at radius 1 is 0.515 bits per heavy atom. The van der Waals surface area contributed by atoms with E-state index in [1.165, 1.54) is 56.1 Å². The van der Waals surface area contributed by atoms with Gasteiger partial charge < -0.3 is 60.3 Å². The molecular weight excluding hydrogens is 1260 g/mol. The van der Waals surface area contributed by atoms with Crippen LogP contribution in [-0.2, 0) is 48.7 Å². The van der Waals surface area contributed by atoms with Crippen molar-refractivity contribution < 1.29 is 19.1 Å². The number of carbonyl (C=O) groups is 2. The van der Waals surface area contributed by atoms with E-state index in [0.29, 0.717) is 51.0 Å². The molecule has 0 radical (unpaired) electrons. The Hall–Kier alpha value is -8.44. The number of fused-ring (bicyclic) bond motifs is 2. The highest BCUT2D eigenvalue weighted by molar-refractivity contribution is 5.75. The minimum atomic E-state index is -0.627. The predicted octanol–water partition coefficient (Wildman–Crippen LogP) is 13.9. The Morgan fingerprint density at radius 3 is 1.46 bits per heavy atom. The van der Waals surface area contributed by atoms with Gasteiger partial charge in [0.05, 0.1) is 35.2 Å². The number of hydrogen-bond donors (Lipinski definition) is 6. The number of aromatic amines is 2. The summed E-state index contributed by atoms with van der Waals surface area (Å²) >= 11 is 0. The van der Waals surface area contributed by atoms with Crippen LogP contribution in [0.3, 0.4) is 0 Å². The van der Waals surface area contributed by atoms with Gasteiger partial charge in [-0.15, -0.1) is 0 Å². The number of imidazole rings is 2. The number of rotatable bonds is 26. The second-order valence-electron chi connectivity index (χ2n) is 29.7. The van der Waals surface area contributed by atoms with Gasteiger partial charge in [-0.3, -0.25) is 9.80 Å². The molecule has 6 N–H and O–H groups in total. The minimum Gasteiger partial charge on any atom is -0.444 e. The van der Waals surface area contributed by atoms with E-state index >= 15 is 0 Å². The summed E-state index contributed by atoms with van der Waals surface area (Å²) in [7, 11) is 0. The number of carbonyl (C=O) groups excluding carboxylic acids is 2. The molecule has 4 aliphatic rings. The lowest BCUT2D eigenvalue weighted by Crippen LogP contribution is -2.46. The van der Waals surface area contributed by atoms with Crippen LogP contribution < -0.4 is 31.1 Å². The fourth-order valence-corrected chi connectivity index (χ4v) is 13.7. The summed E-state index contributed by atoms with van der Waals surface area (Å²) in [5.41, 5.74) is 9.52. The summed E-state index contributed by atoms with van der Waals surface area (Å²) in [6.45, 7) is 30.1. The van der Waals surface area contributed by atoms with Crippen LogP contribution in [0.2, 0.25) is 0 Å². The van der Waals surface area contributed by atoms with Crippen LogP contribution in [0.25, 0.3) is 22.1 Å². The molecule has 22 heteroatoms. The van der Waals surface area contributed by atoms with Gasteiger partial charge in [-0.05, 0) is 154 Å². The fourth-order valence-electron chi connectivity index (χ4n) is 13.7. The first kappa shape index (κ1) is 75.2. The average molecular weight is 1380 g/mol. The second kappa shape index (κ2) is 36.4. The molecule has 2 aliphatic heterocycles. The van der Waals surface area contributed by atoms with Gasteiger partial charge in [-0.2, -0.15) is 9.97 Å². The van der Waals surface area contributed by atoms with E-state index in [1.807, 2.05) is 90.6 Å². The molecule has 2 aliphatic carbocycles. The van der Waals surface area contributed by atoms with E-state index in [9.17, 15) is 9.59 Å². The zero-order valence-electron chi connectivity index (χ0n) is 60.8. The quantitative estimate of drug-likeness (QED) is 0.0277. The Kier molecular flexibility index (Phi) is 27.1. The molecule has 2 saturated carbocycles. The molecule has 544 valence electrons. The smallest absolute Gasteiger partial charge is 0.410 e. The lowest BCUT2D eigenvalue weighted by molar-refractivity contribution is 0.00968. The van der Waals surface area contributed by atoms with Crippen molar-refractivity contribution in [3.63, 3.8) is 0 Å². The van der Waals surface area contributed by atoms with Crippen LogP contribution >= 0.6 is 0 Å². The van der Waals surface area contributed by atoms with E-state index in [1.54, 1.807) is 4.90 Å². The third-order valence-electron chi connectivity index (χ3n) is 19.0. The fraction of sp³-hybridized carbons (Fsp3) is 0.544. The lowest BCUT2D eigenvalue weighted by atomic mass is 9.94. The molecule has 2 amide bonds. The highest BCUT2D eigenvalue weighted by atomic mass is 16.6. The average Bonchev–Trinajstić information content (AvgIpc) is 1.58. The van der Waals surface area contributed by atoms with Crippen molar-refractivity contribution in [2.45, 2.75) is 202 Å². The second-order valence-corrected chi connectivity index (χ2v) is 29.7. The van der Waals surface area contributed by atoms with Gasteiger partial charge >= 0.3 is 12.2 Å². The summed E-state index contributed by atoms with van der Waals surface area (Å²) in [4.78, 5) is 75.5. The number of aromatic nitrogens is 8. The van der Waals surface area contributed by atoms with Crippen molar-refractivity contribution >= 4 is 57.8 Å². The van der Waals surface area contributed by atoms with Gasteiger partial charge in [0.1, 0.15) is 34.5 Å². The van der Waals surface area contributed by atoms with Gasteiger partial charge in [0, 0.05) is 127 Å². The summed E-state index contributed by atoms with van der Waals surface area (Å²) < 4.78 is 11.6. The molecule has 4 aromatic heterocycles. The van der Waals surface area contributed by atoms with E-state index < -0.39 is 11.2 Å². The van der Waals surface area contributed by atoms with Crippen LogP contribution in [0.4, 0.5) is 33.1 Å². The van der Waals surface area contributed by atoms with Crippen LogP contribution in [0, 0.1) is 13.8 Å². The normalized spacial score (nSPS) is 16.0. The summed E-state index contributed by atoms with van der Waals surface area (Å²) in [6, 6.07) is 38.5. The Bertz CT molecular complexity index is 3770. The zero-order valence-corrected chi connectivity index (χ0v) is 60.8. The molecule has 0 atom stereocenters. The van der Waals surface area contributed by atoms with Crippen LogP contribution in [-0.4, -0.2) is 173 Å². The van der Waals surface area contributed by atoms with Gasteiger partial charge in [0.15, 0.2) is 0 Å². The van der Waals surface area contributed by atoms with Gasteiger partial charge in [0.25, 0.3) is 0 Å². The monoisotopic (exact) mass is 1380 g/mol. The molecule has 22 nitrogen and oxygen atoms in total. The molecule has 6 heterocycles. The molecule has 0 spiro atoms. The number of piperazine rings is 2.